The van der Waals surface area contributed by atoms with E-state index in [9.17, 15) is 0 Å². The largest absolute Gasteiger partial charge is 0.497 e. The quantitative estimate of drug-likeness (QED) is 0.819. The van der Waals surface area contributed by atoms with Gasteiger partial charge in [0.2, 0.25) is 0 Å². The maximum atomic E-state index is 6.28. The minimum atomic E-state index is 0.0567. The highest BCUT2D eigenvalue weighted by Crippen LogP contribution is 2.45. The van der Waals surface area contributed by atoms with E-state index in [0.29, 0.717) is 5.92 Å². The molecule has 0 spiro atoms. The maximum Gasteiger partial charge on any atom is 0.119 e. The fourth-order valence-electron chi connectivity index (χ4n) is 2.33. The van der Waals surface area contributed by atoms with Gasteiger partial charge in [-0.05, 0) is 36.5 Å². The first-order chi connectivity index (χ1) is 7.18. The molecule has 1 saturated carbocycles. The van der Waals surface area contributed by atoms with Crippen LogP contribution in [0, 0.1) is 5.92 Å². The minimum absolute atomic E-state index is 0.0567. The summed E-state index contributed by atoms with van der Waals surface area (Å²) in [5.74, 6) is 1.63. The molecule has 0 aliphatic heterocycles. The third kappa shape index (κ3) is 2.15. The maximum absolute atomic E-state index is 6.28. The monoisotopic (exact) mass is 205 g/mol. The number of hydrogen-bond donors (Lipinski definition) is 1. The SMILES string of the molecule is CCC1CC1(N)Cc1cccc(OC)c1. The van der Waals surface area contributed by atoms with Gasteiger partial charge in [-0.3, -0.25) is 0 Å². The second kappa shape index (κ2) is 3.86. The highest BCUT2D eigenvalue weighted by Gasteiger charge is 2.49. The van der Waals surface area contributed by atoms with Gasteiger partial charge in [-0.25, -0.2) is 0 Å². The van der Waals surface area contributed by atoms with E-state index >= 15 is 0 Å². The predicted octanol–water partition coefficient (Wildman–Crippen LogP) is 2.37. The molecule has 0 saturated heterocycles. The summed E-state index contributed by atoms with van der Waals surface area (Å²) >= 11 is 0. The molecule has 0 amide bonds. The van der Waals surface area contributed by atoms with Crippen molar-refractivity contribution in [1.82, 2.24) is 0 Å². The van der Waals surface area contributed by atoms with Crippen LogP contribution in [0.1, 0.15) is 25.3 Å². The Morgan fingerprint density at radius 3 is 2.93 bits per heavy atom. The van der Waals surface area contributed by atoms with Gasteiger partial charge in [0.15, 0.2) is 0 Å². The van der Waals surface area contributed by atoms with Crippen molar-refractivity contribution in [3.63, 3.8) is 0 Å². The first-order valence-electron chi connectivity index (χ1n) is 5.60. The Morgan fingerprint density at radius 2 is 2.33 bits per heavy atom. The van der Waals surface area contributed by atoms with Crippen LogP contribution in [0.5, 0.6) is 5.75 Å². The summed E-state index contributed by atoms with van der Waals surface area (Å²) in [5, 5.41) is 0. The second-order valence-electron chi connectivity index (χ2n) is 4.57. The van der Waals surface area contributed by atoms with E-state index in [1.165, 1.54) is 18.4 Å². The fourth-order valence-corrected chi connectivity index (χ4v) is 2.33. The van der Waals surface area contributed by atoms with Crippen molar-refractivity contribution in [3.8, 4) is 5.75 Å². The lowest BCUT2D eigenvalue weighted by molar-refractivity contribution is 0.414. The lowest BCUT2D eigenvalue weighted by Gasteiger charge is -2.11. The van der Waals surface area contributed by atoms with E-state index in [2.05, 4.69) is 19.1 Å². The summed E-state index contributed by atoms with van der Waals surface area (Å²) in [6, 6.07) is 8.21. The Hall–Kier alpha value is -1.02. The van der Waals surface area contributed by atoms with Crippen molar-refractivity contribution >= 4 is 0 Å². The molecule has 1 aromatic carbocycles. The van der Waals surface area contributed by atoms with E-state index < -0.39 is 0 Å². The normalized spacial score (nSPS) is 28.9. The van der Waals surface area contributed by atoms with Crippen LogP contribution in [-0.4, -0.2) is 12.6 Å². The summed E-state index contributed by atoms with van der Waals surface area (Å²) in [4.78, 5) is 0. The van der Waals surface area contributed by atoms with Gasteiger partial charge in [-0.2, -0.15) is 0 Å². The average Bonchev–Trinajstić information content (AvgIpc) is 2.89. The molecule has 2 heteroatoms. The molecule has 2 atom stereocenters. The molecule has 1 aliphatic rings. The van der Waals surface area contributed by atoms with Gasteiger partial charge in [0.25, 0.3) is 0 Å². The van der Waals surface area contributed by atoms with Crippen LogP contribution < -0.4 is 10.5 Å². The molecular weight excluding hydrogens is 186 g/mol. The van der Waals surface area contributed by atoms with Gasteiger partial charge in [0, 0.05) is 5.54 Å². The van der Waals surface area contributed by atoms with Crippen molar-refractivity contribution in [2.24, 2.45) is 11.7 Å². The summed E-state index contributed by atoms with van der Waals surface area (Å²) < 4.78 is 5.20. The van der Waals surface area contributed by atoms with Crippen LogP contribution in [0.2, 0.25) is 0 Å². The number of ether oxygens (including phenoxy) is 1. The van der Waals surface area contributed by atoms with E-state index in [4.69, 9.17) is 10.5 Å². The number of benzene rings is 1. The zero-order valence-electron chi connectivity index (χ0n) is 9.49. The molecule has 2 nitrogen and oxygen atoms in total. The molecule has 2 N–H and O–H groups in total. The zero-order valence-corrected chi connectivity index (χ0v) is 9.49. The molecule has 15 heavy (non-hydrogen) atoms. The Labute approximate surface area is 91.4 Å². The fraction of sp³-hybridized carbons (Fsp3) is 0.538. The van der Waals surface area contributed by atoms with Gasteiger partial charge in [0.1, 0.15) is 5.75 Å². The molecule has 0 radical (unpaired) electrons. The molecule has 0 aromatic heterocycles. The first kappa shape index (κ1) is 10.5. The smallest absolute Gasteiger partial charge is 0.119 e. The van der Waals surface area contributed by atoms with Crippen LogP contribution >= 0.6 is 0 Å². The standard InChI is InChI=1S/C13H19NO/c1-3-11-9-13(11,14)8-10-5-4-6-12(7-10)15-2/h4-7,11H,3,8-9,14H2,1-2H3. The molecule has 1 aliphatic carbocycles. The third-order valence-corrected chi connectivity index (χ3v) is 3.44. The van der Waals surface area contributed by atoms with Gasteiger partial charge < -0.3 is 10.5 Å². The van der Waals surface area contributed by atoms with Crippen LogP contribution in [0.25, 0.3) is 0 Å². The summed E-state index contributed by atoms with van der Waals surface area (Å²) in [7, 11) is 1.70. The first-order valence-corrected chi connectivity index (χ1v) is 5.60. The molecule has 2 rings (SSSR count). The van der Waals surface area contributed by atoms with Gasteiger partial charge in [-0.15, -0.1) is 0 Å². The lowest BCUT2D eigenvalue weighted by atomic mass is 10.0. The number of nitrogens with two attached hydrogens (primary N) is 1. The molecular formula is C13H19NO. The van der Waals surface area contributed by atoms with Crippen molar-refractivity contribution in [2.45, 2.75) is 31.7 Å². The van der Waals surface area contributed by atoms with Gasteiger partial charge in [-0.1, -0.05) is 25.5 Å². The van der Waals surface area contributed by atoms with Crippen molar-refractivity contribution in [3.05, 3.63) is 29.8 Å². The van der Waals surface area contributed by atoms with E-state index in [0.717, 1.165) is 12.2 Å². The summed E-state index contributed by atoms with van der Waals surface area (Å²) in [5.41, 5.74) is 7.63. The molecule has 0 heterocycles. The van der Waals surface area contributed by atoms with Crippen LogP contribution in [-0.2, 0) is 6.42 Å². The Morgan fingerprint density at radius 1 is 1.53 bits per heavy atom. The third-order valence-electron chi connectivity index (χ3n) is 3.44. The van der Waals surface area contributed by atoms with Crippen molar-refractivity contribution < 1.29 is 4.74 Å². The Balaban J connectivity index is 2.05. The van der Waals surface area contributed by atoms with E-state index in [-0.39, 0.29) is 5.54 Å². The molecule has 82 valence electrons. The van der Waals surface area contributed by atoms with Crippen molar-refractivity contribution in [1.29, 1.82) is 0 Å². The Kier molecular flexibility index (Phi) is 2.70. The molecule has 2 unspecified atom stereocenters. The van der Waals surface area contributed by atoms with E-state index in [1.807, 2.05) is 12.1 Å². The number of methoxy groups -OCH3 is 1. The van der Waals surface area contributed by atoms with Crippen LogP contribution in [0.3, 0.4) is 0 Å². The van der Waals surface area contributed by atoms with Gasteiger partial charge in [0.05, 0.1) is 7.11 Å². The minimum Gasteiger partial charge on any atom is -0.497 e. The van der Waals surface area contributed by atoms with Gasteiger partial charge >= 0.3 is 0 Å². The van der Waals surface area contributed by atoms with Crippen LogP contribution in [0.4, 0.5) is 0 Å². The predicted molar refractivity (Wildman–Crippen MR) is 62.0 cm³/mol. The number of rotatable bonds is 4. The van der Waals surface area contributed by atoms with E-state index in [1.54, 1.807) is 7.11 Å². The summed E-state index contributed by atoms with van der Waals surface area (Å²) in [6.07, 6.45) is 3.34. The molecule has 1 aromatic rings. The summed E-state index contributed by atoms with van der Waals surface area (Å²) in [6.45, 7) is 2.21. The highest BCUT2D eigenvalue weighted by atomic mass is 16.5. The zero-order chi connectivity index (χ0) is 10.9. The number of hydrogen-bond acceptors (Lipinski definition) is 2. The lowest BCUT2D eigenvalue weighted by Crippen LogP contribution is -2.27. The highest BCUT2D eigenvalue weighted by molar-refractivity contribution is 5.31. The topological polar surface area (TPSA) is 35.2 Å². The molecule has 0 bridgehead atoms. The Bertz CT molecular complexity index is 350. The van der Waals surface area contributed by atoms with Crippen molar-refractivity contribution in [2.75, 3.05) is 7.11 Å². The second-order valence-corrected chi connectivity index (χ2v) is 4.57. The van der Waals surface area contributed by atoms with Crippen LogP contribution in [0.15, 0.2) is 24.3 Å². The molecule has 1 fully saturated rings. The average molecular weight is 205 g/mol.